The lowest BCUT2D eigenvalue weighted by atomic mass is 10.1. The molecule has 0 aliphatic carbocycles. The lowest BCUT2D eigenvalue weighted by Crippen LogP contribution is -2.11. The van der Waals surface area contributed by atoms with Crippen LogP contribution in [0, 0.1) is 0 Å². The van der Waals surface area contributed by atoms with Crippen molar-refractivity contribution in [3.05, 3.63) is 65.9 Å². The Morgan fingerprint density at radius 1 is 1.04 bits per heavy atom. The molecule has 0 atom stereocenters. The molecule has 1 heterocycles. The molecule has 0 amide bonds. The van der Waals surface area contributed by atoms with Crippen LogP contribution in [-0.4, -0.2) is 28.6 Å². The average molecular weight is 331 g/mol. The van der Waals surface area contributed by atoms with Crippen molar-refractivity contribution in [2.75, 3.05) is 0 Å². The summed E-state index contributed by atoms with van der Waals surface area (Å²) in [7, 11) is -3.93. The van der Waals surface area contributed by atoms with E-state index in [9.17, 15) is 23.4 Å². The molecular weight excluding hydrogens is 318 g/mol. The van der Waals surface area contributed by atoms with E-state index in [1.165, 1.54) is 18.2 Å². The van der Waals surface area contributed by atoms with Gasteiger partial charge in [0, 0.05) is 11.6 Å². The van der Waals surface area contributed by atoms with Gasteiger partial charge in [0.05, 0.1) is 22.6 Å². The number of carboxylic acid groups (broad SMARTS) is 1. The predicted octanol–water partition coefficient (Wildman–Crippen LogP) is 2.07. The second-order valence-electron chi connectivity index (χ2n) is 4.93. The van der Waals surface area contributed by atoms with Crippen molar-refractivity contribution < 1.29 is 23.4 Å². The van der Waals surface area contributed by atoms with E-state index in [2.05, 4.69) is 0 Å². The normalized spacial score (nSPS) is 11.7. The van der Waals surface area contributed by atoms with Gasteiger partial charge in [-0.05, 0) is 23.8 Å². The minimum absolute atomic E-state index is 0.0586. The molecule has 2 aromatic carbocycles. The number of fused-ring (bicyclic) bond motifs is 1. The number of rotatable bonds is 4. The van der Waals surface area contributed by atoms with Crippen LogP contribution in [0.4, 0.5) is 0 Å². The Morgan fingerprint density at radius 3 is 2.35 bits per heavy atom. The first kappa shape index (κ1) is 15.3. The third-order valence-electron chi connectivity index (χ3n) is 3.58. The average Bonchev–Trinajstić information content (AvgIpc) is 2.96. The Labute approximate surface area is 132 Å². The topological polar surface area (TPSA) is 96.6 Å². The fourth-order valence-electron chi connectivity index (χ4n) is 2.53. The van der Waals surface area contributed by atoms with Gasteiger partial charge in [-0.15, -0.1) is 0 Å². The summed E-state index contributed by atoms with van der Waals surface area (Å²) in [6.45, 7) is -0.382. The van der Waals surface area contributed by atoms with E-state index in [1.54, 1.807) is 30.3 Å². The summed E-state index contributed by atoms with van der Waals surface area (Å²) in [5.74, 6) is -1.25. The van der Waals surface area contributed by atoms with Gasteiger partial charge in [-0.1, -0.05) is 30.3 Å². The van der Waals surface area contributed by atoms with E-state index >= 15 is 0 Å². The first-order valence-corrected chi connectivity index (χ1v) is 8.18. The summed E-state index contributed by atoms with van der Waals surface area (Å²) in [6.07, 6.45) is 1.08. The molecule has 0 saturated heterocycles. The van der Waals surface area contributed by atoms with Crippen LogP contribution in [0.25, 0.3) is 10.9 Å². The minimum atomic E-state index is -3.93. The third-order valence-corrected chi connectivity index (χ3v) is 5.27. The van der Waals surface area contributed by atoms with Crippen LogP contribution in [0.2, 0.25) is 0 Å². The molecule has 0 unspecified atom stereocenters. The molecule has 2 N–H and O–H groups in total. The molecule has 1 aromatic heterocycles. The molecular formula is C16H13NO5S. The summed E-state index contributed by atoms with van der Waals surface area (Å²) < 4.78 is 26.5. The first-order valence-electron chi connectivity index (χ1n) is 6.74. The summed E-state index contributed by atoms with van der Waals surface area (Å²) in [5.41, 5.74) is 0.420. The zero-order valence-corrected chi connectivity index (χ0v) is 12.7. The second-order valence-corrected chi connectivity index (χ2v) is 6.75. The molecule has 0 saturated carbocycles. The van der Waals surface area contributed by atoms with Gasteiger partial charge in [0.2, 0.25) is 0 Å². The molecule has 3 rings (SSSR count). The van der Waals surface area contributed by atoms with E-state index in [1.807, 2.05) is 0 Å². The smallest absolute Gasteiger partial charge is 0.337 e. The second kappa shape index (κ2) is 5.53. The van der Waals surface area contributed by atoms with Crippen LogP contribution >= 0.6 is 0 Å². The van der Waals surface area contributed by atoms with Crippen LogP contribution in [0.5, 0.6) is 0 Å². The fraction of sp³-hybridized carbons (Fsp3) is 0.0625. The molecule has 3 aromatic rings. The van der Waals surface area contributed by atoms with Gasteiger partial charge in [-0.2, -0.15) is 0 Å². The quantitative estimate of drug-likeness (QED) is 0.763. The van der Waals surface area contributed by atoms with Crippen molar-refractivity contribution in [1.82, 2.24) is 3.97 Å². The minimum Gasteiger partial charge on any atom is -0.478 e. The maximum atomic E-state index is 12.8. The highest BCUT2D eigenvalue weighted by atomic mass is 32.2. The van der Waals surface area contributed by atoms with Gasteiger partial charge in [-0.3, -0.25) is 0 Å². The highest BCUT2D eigenvalue weighted by Gasteiger charge is 2.24. The number of aromatic carboxylic acids is 1. The zero-order chi connectivity index (χ0) is 16.6. The molecule has 0 aliphatic rings. The summed E-state index contributed by atoms with van der Waals surface area (Å²) in [5, 5.41) is 19.0. The van der Waals surface area contributed by atoms with Crippen molar-refractivity contribution in [2.24, 2.45) is 0 Å². The molecule has 0 bridgehead atoms. The lowest BCUT2D eigenvalue weighted by molar-refractivity contribution is 0.0699. The van der Waals surface area contributed by atoms with Gasteiger partial charge >= 0.3 is 5.97 Å². The van der Waals surface area contributed by atoms with Crippen LogP contribution < -0.4 is 0 Å². The molecule has 6 nitrogen and oxygen atoms in total. The molecule has 23 heavy (non-hydrogen) atoms. The summed E-state index contributed by atoms with van der Waals surface area (Å²) in [6, 6.07) is 12.4. The molecule has 0 fully saturated rings. The largest absolute Gasteiger partial charge is 0.478 e. The Morgan fingerprint density at radius 2 is 1.74 bits per heavy atom. The van der Waals surface area contributed by atoms with Crippen molar-refractivity contribution >= 4 is 26.9 Å². The van der Waals surface area contributed by atoms with Crippen molar-refractivity contribution in [1.29, 1.82) is 0 Å². The number of hydrogen-bond donors (Lipinski definition) is 2. The van der Waals surface area contributed by atoms with Crippen LogP contribution in [-0.2, 0) is 16.6 Å². The summed E-state index contributed by atoms with van der Waals surface area (Å²) >= 11 is 0. The first-order chi connectivity index (χ1) is 11.0. The lowest BCUT2D eigenvalue weighted by Gasteiger charge is -2.08. The van der Waals surface area contributed by atoms with Crippen molar-refractivity contribution in [3.63, 3.8) is 0 Å². The van der Waals surface area contributed by atoms with Crippen LogP contribution in [0.15, 0.2) is 59.6 Å². The Hall–Kier alpha value is -2.64. The molecule has 0 spiro atoms. The molecule has 118 valence electrons. The predicted molar refractivity (Wildman–Crippen MR) is 83.8 cm³/mol. The molecule has 7 heteroatoms. The van der Waals surface area contributed by atoms with E-state index in [0.29, 0.717) is 5.56 Å². The number of aromatic nitrogens is 1. The molecule has 0 aliphatic heterocycles. The highest BCUT2D eigenvalue weighted by molar-refractivity contribution is 7.90. The van der Waals surface area contributed by atoms with E-state index in [-0.39, 0.29) is 28.0 Å². The molecule has 0 radical (unpaired) electrons. The maximum Gasteiger partial charge on any atom is 0.337 e. The number of aliphatic hydroxyl groups excluding tert-OH is 1. The number of carbonyl (C=O) groups is 1. The monoisotopic (exact) mass is 331 g/mol. The van der Waals surface area contributed by atoms with Gasteiger partial charge in [0.15, 0.2) is 0 Å². The van der Waals surface area contributed by atoms with E-state index in [0.717, 1.165) is 10.2 Å². The zero-order valence-electron chi connectivity index (χ0n) is 11.9. The fourth-order valence-corrected chi connectivity index (χ4v) is 3.91. The standard InChI is InChI=1S/C16H13NO5S/c18-10-11-5-4-8-14-15(11)13(16(19)20)9-17(14)23(21,22)12-6-2-1-3-7-12/h1-9,18H,10H2,(H,19,20). The number of benzene rings is 2. The highest BCUT2D eigenvalue weighted by Crippen LogP contribution is 2.29. The van der Waals surface area contributed by atoms with Gasteiger partial charge < -0.3 is 10.2 Å². The number of aliphatic hydroxyl groups is 1. The SMILES string of the molecule is O=C(O)c1cn(S(=O)(=O)c2ccccc2)c2cccc(CO)c12. The Kier molecular flexibility index (Phi) is 3.67. The number of hydrogen-bond acceptors (Lipinski definition) is 4. The summed E-state index contributed by atoms with van der Waals surface area (Å²) in [4.78, 5) is 11.5. The third kappa shape index (κ3) is 2.39. The van der Waals surface area contributed by atoms with Crippen LogP contribution in [0.1, 0.15) is 15.9 Å². The van der Waals surface area contributed by atoms with E-state index in [4.69, 9.17) is 0 Å². The van der Waals surface area contributed by atoms with Crippen LogP contribution in [0.3, 0.4) is 0 Å². The number of carboxylic acids is 1. The van der Waals surface area contributed by atoms with Crippen molar-refractivity contribution in [3.8, 4) is 0 Å². The van der Waals surface area contributed by atoms with Gasteiger partial charge in [0.25, 0.3) is 10.0 Å². The van der Waals surface area contributed by atoms with E-state index < -0.39 is 16.0 Å². The Balaban J connectivity index is 2.38. The van der Waals surface area contributed by atoms with Gasteiger partial charge in [-0.25, -0.2) is 17.2 Å². The van der Waals surface area contributed by atoms with Crippen molar-refractivity contribution in [2.45, 2.75) is 11.5 Å². The maximum absolute atomic E-state index is 12.8. The Bertz CT molecular complexity index is 990. The number of nitrogens with zero attached hydrogens (tertiary/aromatic N) is 1. The van der Waals surface area contributed by atoms with Gasteiger partial charge in [0.1, 0.15) is 0 Å².